The zero-order chi connectivity index (χ0) is 22.6. The van der Waals surface area contributed by atoms with Crippen molar-refractivity contribution < 1.29 is 13.9 Å². The number of aryl methyl sites for hydroxylation is 1. The van der Waals surface area contributed by atoms with Crippen molar-refractivity contribution in [1.82, 2.24) is 14.9 Å². The Morgan fingerprint density at radius 2 is 1.97 bits per heavy atom. The fourth-order valence-electron chi connectivity index (χ4n) is 4.19. The van der Waals surface area contributed by atoms with E-state index in [1.54, 1.807) is 18.2 Å². The maximum atomic E-state index is 15.2. The van der Waals surface area contributed by atoms with Crippen LogP contribution in [0.3, 0.4) is 0 Å². The summed E-state index contributed by atoms with van der Waals surface area (Å²) in [7, 11) is 0. The van der Waals surface area contributed by atoms with Crippen molar-refractivity contribution in [3.05, 3.63) is 76.3 Å². The number of aromatic amines is 1. The lowest BCUT2D eigenvalue weighted by molar-refractivity contribution is -0.148. The van der Waals surface area contributed by atoms with Crippen LogP contribution in [0.5, 0.6) is 0 Å². The van der Waals surface area contributed by atoms with Crippen molar-refractivity contribution in [3.8, 4) is 0 Å². The molecule has 0 spiro atoms. The smallest absolute Gasteiger partial charge is 0.305 e. The fourth-order valence-corrected chi connectivity index (χ4v) is 4.19. The molecule has 1 aliphatic rings. The molecule has 2 atom stereocenters. The number of aromatic nitrogens is 2. The van der Waals surface area contributed by atoms with Gasteiger partial charge in [0.2, 0.25) is 0 Å². The number of halogens is 1. The summed E-state index contributed by atoms with van der Waals surface area (Å²) in [5.74, 6) is 0.101. The Balaban J connectivity index is 1.23. The first-order valence-corrected chi connectivity index (χ1v) is 11.0. The largest absolute Gasteiger partial charge is 0.462 e. The third kappa shape index (κ3) is 5.22. The zero-order valence-electron chi connectivity index (χ0n) is 18.2. The van der Waals surface area contributed by atoms with Crippen LogP contribution in [0.15, 0.2) is 59.4 Å². The molecule has 6 nitrogen and oxygen atoms in total. The number of ether oxygens (including phenoxy) is 1. The highest BCUT2D eigenvalue weighted by Crippen LogP contribution is 2.32. The number of carbonyl (C=O) groups excluding carboxylic acids is 1. The Morgan fingerprint density at radius 1 is 1.22 bits per heavy atom. The number of fused-ring (bicyclic) bond motifs is 1. The van der Waals surface area contributed by atoms with Gasteiger partial charge in [-0.25, -0.2) is 9.37 Å². The molecule has 7 heteroatoms. The molecule has 2 aromatic carbocycles. The Hall–Kier alpha value is -3.06. The number of H-pyrrole nitrogens is 1. The minimum atomic E-state index is -1.52. The first-order chi connectivity index (χ1) is 15.4. The molecule has 1 aliphatic heterocycles. The average molecular weight is 438 g/mol. The van der Waals surface area contributed by atoms with Crippen LogP contribution < -0.4 is 5.56 Å². The summed E-state index contributed by atoms with van der Waals surface area (Å²) < 4.78 is 20.5. The molecule has 0 aliphatic carbocycles. The molecular formula is C25H28FN3O3. The van der Waals surface area contributed by atoms with Crippen LogP contribution in [0.1, 0.15) is 43.6 Å². The SMILES string of the molecule is C[C@H](c1ccccc1)N1CC[C@@](F)(COC(=O)CCCc2nc3ccccc3c(=O)[nH]2)C1. The van der Waals surface area contributed by atoms with E-state index in [-0.39, 0.29) is 31.2 Å². The van der Waals surface area contributed by atoms with Gasteiger partial charge in [0.05, 0.1) is 10.9 Å². The summed E-state index contributed by atoms with van der Waals surface area (Å²) in [4.78, 5) is 33.5. The van der Waals surface area contributed by atoms with Crippen LogP contribution in [0.25, 0.3) is 10.9 Å². The van der Waals surface area contributed by atoms with Crippen molar-refractivity contribution in [2.24, 2.45) is 0 Å². The van der Waals surface area contributed by atoms with Gasteiger partial charge >= 0.3 is 5.97 Å². The van der Waals surface area contributed by atoms with Gasteiger partial charge in [-0.3, -0.25) is 14.5 Å². The zero-order valence-corrected chi connectivity index (χ0v) is 18.2. The van der Waals surface area contributed by atoms with E-state index in [2.05, 4.69) is 21.8 Å². The Kier molecular flexibility index (Phi) is 6.65. The van der Waals surface area contributed by atoms with Crippen molar-refractivity contribution in [2.75, 3.05) is 19.7 Å². The van der Waals surface area contributed by atoms with Gasteiger partial charge in [-0.15, -0.1) is 0 Å². The number of hydrogen-bond acceptors (Lipinski definition) is 5. The van der Waals surface area contributed by atoms with Gasteiger partial charge in [-0.2, -0.15) is 0 Å². The number of likely N-dealkylation sites (tertiary alicyclic amines) is 1. The topological polar surface area (TPSA) is 75.3 Å². The number of rotatable bonds is 8. The van der Waals surface area contributed by atoms with Crippen LogP contribution in [0.4, 0.5) is 4.39 Å². The summed E-state index contributed by atoms with van der Waals surface area (Å²) in [6.07, 6.45) is 1.41. The van der Waals surface area contributed by atoms with Gasteiger partial charge in [0.1, 0.15) is 12.4 Å². The van der Waals surface area contributed by atoms with Crippen LogP contribution >= 0.6 is 0 Å². The van der Waals surface area contributed by atoms with E-state index in [0.717, 1.165) is 5.56 Å². The molecular weight excluding hydrogens is 409 g/mol. The van der Waals surface area contributed by atoms with E-state index in [0.29, 0.717) is 42.5 Å². The molecule has 0 amide bonds. The normalized spacial score (nSPS) is 19.8. The van der Waals surface area contributed by atoms with Crippen LogP contribution in [-0.2, 0) is 16.0 Å². The molecule has 0 saturated carbocycles. The monoisotopic (exact) mass is 437 g/mol. The summed E-state index contributed by atoms with van der Waals surface area (Å²) in [5.41, 5.74) is 0.0602. The molecule has 1 aromatic heterocycles. The van der Waals surface area contributed by atoms with Crippen molar-refractivity contribution >= 4 is 16.9 Å². The highest BCUT2D eigenvalue weighted by molar-refractivity contribution is 5.77. The minimum absolute atomic E-state index is 0.112. The molecule has 0 bridgehead atoms. The second-order valence-electron chi connectivity index (χ2n) is 8.50. The third-order valence-corrected chi connectivity index (χ3v) is 6.11. The molecule has 32 heavy (non-hydrogen) atoms. The van der Waals surface area contributed by atoms with Gasteiger partial charge in [0, 0.05) is 32.0 Å². The van der Waals surface area contributed by atoms with Gasteiger partial charge in [0.15, 0.2) is 5.67 Å². The van der Waals surface area contributed by atoms with Crippen molar-refractivity contribution in [1.29, 1.82) is 0 Å². The van der Waals surface area contributed by atoms with Gasteiger partial charge in [-0.05, 0) is 37.5 Å². The van der Waals surface area contributed by atoms with Gasteiger partial charge in [0.25, 0.3) is 5.56 Å². The molecule has 168 valence electrons. The maximum Gasteiger partial charge on any atom is 0.305 e. The van der Waals surface area contributed by atoms with E-state index in [4.69, 9.17) is 4.74 Å². The molecule has 2 heterocycles. The quantitative estimate of drug-likeness (QED) is 0.540. The van der Waals surface area contributed by atoms with Crippen molar-refractivity contribution in [2.45, 2.75) is 44.3 Å². The predicted octanol–water partition coefficient (Wildman–Crippen LogP) is 3.96. The number of nitrogens with zero attached hydrogens (tertiary/aromatic N) is 2. The number of benzene rings is 2. The minimum Gasteiger partial charge on any atom is -0.462 e. The molecule has 3 aromatic rings. The third-order valence-electron chi connectivity index (χ3n) is 6.11. The lowest BCUT2D eigenvalue weighted by atomic mass is 10.1. The second kappa shape index (κ2) is 9.61. The van der Waals surface area contributed by atoms with Crippen molar-refractivity contribution in [3.63, 3.8) is 0 Å². The number of para-hydroxylation sites is 1. The van der Waals surface area contributed by atoms with Gasteiger partial charge in [-0.1, -0.05) is 42.5 Å². The molecule has 0 unspecified atom stereocenters. The number of hydrogen-bond donors (Lipinski definition) is 1. The van der Waals surface area contributed by atoms with Gasteiger partial charge < -0.3 is 9.72 Å². The van der Waals surface area contributed by atoms with E-state index in [9.17, 15) is 9.59 Å². The summed E-state index contributed by atoms with van der Waals surface area (Å²) in [6.45, 7) is 2.72. The Bertz CT molecular complexity index is 1130. The highest BCUT2D eigenvalue weighted by atomic mass is 19.1. The number of esters is 1. The number of nitrogens with one attached hydrogen (secondary N) is 1. The fraction of sp³-hybridized carbons (Fsp3) is 0.400. The lowest BCUT2D eigenvalue weighted by Crippen LogP contribution is -2.35. The van der Waals surface area contributed by atoms with Crippen LogP contribution in [0, 0.1) is 0 Å². The molecule has 4 rings (SSSR count). The second-order valence-corrected chi connectivity index (χ2v) is 8.50. The predicted molar refractivity (Wildman–Crippen MR) is 121 cm³/mol. The van der Waals surface area contributed by atoms with E-state index < -0.39 is 11.6 Å². The van der Waals surface area contributed by atoms with Crippen LogP contribution in [-0.4, -0.2) is 46.2 Å². The molecule has 1 fully saturated rings. The first kappa shape index (κ1) is 22.1. The number of alkyl halides is 1. The maximum absolute atomic E-state index is 15.2. The Morgan fingerprint density at radius 3 is 2.78 bits per heavy atom. The summed E-state index contributed by atoms with van der Waals surface area (Å²) >= 11 is 0. The standard InChI is InChI=1S/C25H28FN3O3/c1-18(19-8-3-2-4-9-19)29-15-14-25(26,16-29)17-32-23(30)13-7-12-22-27-21-11-6-5-10-20(21)24(31)28-22/h2-6,8-11,18H,7,12-17H2,1H3,(H,27,28,31)/t18-,25+/m1/s1. The lowest BCUT2D eigenvalue weighted by Gasteiger charge is -2.26. The van der Waals surface area contributed by atoms with E-state index in [1.807, 2.05) is 36.4 Å². The van der Waals surface area contributed by atoms with E-state index in [1.165, 1.54) is 0 Å². The highest BCUT2D eigenvalue weighted by Gasteiger charge is 2.41. The molecule has 1 N–H and O–H groups in total. The summed E-state index contributed by atoms with van der Waals surface area (Å²) in [6, 6.07) is 17.2. The molecule has 0 radical (unpaired) electrons. The number of carbonyl (C=O) groups is 1. The van der Waals surface area contributed by atoms with Crippen LogP contribution in [0.2, 0.25) is 0 Å². The first-order valence-electron chi connectivity index (χ1n) is 11.0. The van der Waals surface area contributed by atoms with E-state index >= 15 is 4.39 Å². The molecule has 1 saturated heterocycles. The average Bonchev–Trinajstić information content (AvgIpc) is 3.20. The summed E-state index contributed by atoms with van der Waals surface area (Å²) in [5, 5.41) is 0.538. The Labute approximate surface area is 186 Å².